The summed E-state index contributed by atoms with van der Waals surface area (Å²) in [6.45, 7) is 3.90. The summed E-state index contributed by atoms with van der Waals surface area (Å²) in [6, 6.07) is 0.176. The van der Waals surface area contributed by atoms with Gasteiger partial charge in [0.2, 0.25) is 0 Å². The molecule has 1 rings (SSSR count). The smallest absolute Gasteiger partial charge is 0.475 e. The number of nitrogens with zero attached hydrogens (tertiary/aromatic N) is 3. The quantitative estimate of drug-likeness (QED) is 0.413. The van der Waals surface area contributed by atoms with Crippen LogP contribution in [-0.2, 0) is 4.79 Å². The SMILES string of the molecule is CC1CNCC1N=[N+]=[N-].O=C(O)C(F)(F)F. The minimum absolute atomic E-state index is 0.176. The van der Waals surface area contributed by atoms with E-state index < -0.39 is 12.1 Å². The van der Waals surface area contributed by atoms with Gasteiger partial charge in [0.1, 0.15) is 0 Å². The molecule has 1 aliphatic heterocycles. The molecule has 0 bridgehead atoms. The maximum Gasteiger partial charge on any atom is 0.490 e. The summed E-state index contributed by atoms with van der Waals surface area (Å²) in [5.74, 6) is -2.26. The van der Waals surface area contributed by atoms with E-state index in [4.69, 9.17) is 15.4 Å². The summed E-state index contributed by atoms with van der Waals surface area (Å²) in [6.07, 6.45) is -5.08. The molecule has 9 heteroatoms. The van der Waals surface area contributed by atoms with E-state index in [1.54, 1.807) is 0 Å². The van der Waals surface area contributed by atoms with Crippen molar-refractivity contribution in [2.45, 2.75) is 19.1 Å². The third-order valence-corrected chi connectivity index (χ3v) is 1.92. The number of hydrogen-bond acceptors (Lipinski definition) is 3. The van der Waals surface area contributed by atoms with Crippen LogP contribution in [0.2, 0.25) is 0 Å². The highest BCUT2D eigenvalue weighted by Gasteiger charge is 2.38. The van der Waals surface area contributed by atoms with Crippen molar-refractivity contribution in [1.82, 2.24) is 5.32 Å². The topological polar surface area (TPSA) is 98.1 Å². The van der Waals surface area contributed by atoms with Crippen LogP contribution in [0.4, 0.5) is 13.2 Å². The Morgan fingerprint density at radius 1 is 1.56 bits per heavy atom. The van der Waals surface area contributed by atoms with E-state index in [-0.39, 0.29) is 6.04 Å². The van der Waals surface area contributed by atoms with Crippen molar-refractivity contribution < 1.29 is 23.1 Å². The molecule has 2 atom stereocenters. The number of halogens is 3. The molecule has 0 aromatic carbocycles. The van der Waals surface area contributed by atoms with Gasteiger partial charge in [-0.05, 0) is 18.0 Å². The Kier molecular flexibility index (Phi) is 5.62. The first-order valence-electron chi connectivity index (χ1n) is 4.34. The van der Waals surface area contributed by atoms with E-state index in [1.165, 1.54) is 0 Å². The van der Waals surface area contributed by atoms with Gasteiger partial charge in [-0.1, -0.05) is 12.0 Å². The zero-order valence-corrected chi connectivity index (χ0v) is 8.40. The van der Waals surface area contributed by atoms with Crippen LogP contribution in [0.1, 0.15) is 6.92 Å². The third kappa shape index (κ3) is 5.42. The Balaban J connectivity index is 0.000000293. The number of rotatable bonds is 1. The second-order valence-electron chi connectivity index (χ2n) is 3.21. The van der Waals surface area contributed by atoms with Crippen LogP contribution < -0.4 is 5.32 Å². The van der Waals surface area contributed by atoms with Crippen LogP contribution in [0.25, 0.3) is 10.4 Å². The highest BCUT2D eigenvalue weighted by atomic mass is 19.4. The molecule has 0 radical (unpaired) electrons. The molecule has 2 N–H and O–H groups in total. The molecule has 1 heterocycles. The van der Waals surface area contributed by atoms with Crippen molar-refractivity contribution in [2.75, 3.05) is 13.1 Å². The van der Waals surface area contributed by atoms with Crippen molar-refractivity contribution in [2.24, 2.45) is 11.0 Å². The van der Waals surface area contributed by atoms with Gasteiger partial charge in [-0.3, -0.25) is 0 Å². The molecular formula is C7H11F3N4O2. The molecule has 0 aliphatic carbocycles. The zero-order valence-electron chi connectivity index (χ0n) is 8.40. The fourth-order valence-electron chi connectivity index (χ4n) is 1.02. The Labute approximate surface area is 89.1 Å². The lowest BCUT2D eigenvalue weighted by Gasteiger charge is -2.03. The van der Waals surface area contributed by atoms with E-state index in [2.05, 4.69) is 22.3 Å². The van der Waals surface area contributed by atoms with E-state index in [0.717, 1.165) is 13.1 Å². The van der Waals surface area contributed by atoms with E-state index in [0.29, 0.717) is 5.92 Å². The van der Waals surface area contributed by atoms with Crippen molar-refractivity contribution >= 4 is 5.97 Å². The first-order valence-corrected chi connectivity index (χ1v) is 4.34. The average Bonchev–Trinajstić information content (AvgIpc) is 2.52. The maximum absolute atomic E-state index is 10.6. The van der Waals surface area contributed by atoms with Crippen molar-refractivity contribution in [3.05, 3.63) is 10.4 Å². The lowest BCUT2D eigenvalue weighted by atomic mass is 10.1. The Morgan fingerprint density at radius 2 is 2.06 bits per heavy atom. The fraction of sp³-hybridized carbons (Fsp3) is 0.857. The number of alkyl halides is 3. The van der Waals surface area contributed by atoms with Gasteiger partial charge in [-0.2, -0.15) is 13.2 Å². The minimum atomic E-state index is -5.08. The summed E-state index contributed by atoms with van der Waals surface area (Å²) < 4.78 is 31.7. The largest absolute Gasteiger partial charge is 0.490 e. The predicted molar refractivity (Wildman–Crippen MR) is 48.7 cm³/mol. The summed E-state index contributed by atoms with van der Waals surface area (Å²) >= 11 is 0. The number of hydrogen-bond donors (Lipinski definition) is 2. The molecule has 1 saturated heterocycles. The third-order valence-electron chi connectivity index (χ3n) is 1.92. The summed E-state index contributed by atoms with van der Waals surface area (Å²) in [5, 5.41) is 13.9. The number of aliphatic carboxylic acids is 1. The molecule has 1 aliphatic rings. The molecule has 16 heavy (non-hydrogen) atoms. The van der Waals surface area contributed by atoms with Crippen LogP contribution in [-0.4, -0.2) is 36.4 Å². The summed E-state index contributed by atoms with van der Waals surface area (Å²) in [4.78, 5) is 11.6. The number of azide groups is 1. The standard InChI is InChI=1S/C5H10N4.C2HF3O2/c1-4-2-7-3-5(4)8-9-6;3-2(4,5)1(6)7/h4-5,7H,2-3H2,1H3;(H,6,7). The van der Waals surface area contributed by atoms with Crippen LogP contribution in [0.15, 0.2) is 5.11 Å². The molecule has 0 aromatic rings. The molecule has 92 valence electrons. The molecule has 0 amide bonds. The lowest BCUT2D eigenvalue weighted by molar-refractivity contribution is -0.192. The monoisotopic (exact) mass is 240 g/mol. The van der Waals surface area contributed by atoms with Gasteiger partial charge in [0.05, 0.1) is 6.04 Å². The van der Waals surface area contributed by atoms with Crippen LogP contribution in [0.5, 0.6) is 0 Å². The normalized spacial score (nSPS) is 24.0. The summed E-state index contributed by atoms with van der Waals surface area (Å²) in [5.41, 5.74) is 8.07. The molecule has 0 aromatic heterocycles. The van der Waals surface area contributed by atoms with Crippen LogP contribution in [0, 0.1) is 5.92 Å². The molecule has 1 fully saturated rings. The van der Waals surface area contributed by atoms with Gasteiger partial charge in [0.15, 0.2) is 0 Å². The molecule has 0 spiro atoms. The number of carboxylic acids is 1. The van der Waals surface area contributed by atoms with Gasteiger partial charge >= 0.3 is 12.1 Å². The Bertz CT molecular complexity index is 288. The summed E-state index contributed by atoms with van der Waals surface area (Å²) in [7, 11) is 0. The van der Waals surface area contributed by atoms with E-state index in [9.17, 15) is 13.2 Å². The van der Waals surface area contributed by atoms with Gasteiger partial charge in [0.25, 0.3) is 0 Å². The van der Waals surface area contributed by atoms with E-state index in [1.807, 2.05) is 0 Å². The second-order valence-corrected chi connectivity index (χ2v) is 3.21. The first-order chi connectivity index (χ1) is 7.29. The van der Waals surface area contributed by atoms with Gasteiger partial charge in [0, 0.05) is 11.5 Å². The average molecular weight is 240 g/mol. The number of carboxylic acid groups (broad SMARTS) is 1. The van der Waals surface area contributed by atoms with Crippen molar-refractivity contribution in [3.8, 4) is 0 Å². The Hall–Kier alpha value is -1.47. The minimum Gasteiger partial charge on any atom is -0.475 e. The highest BCUT2D eigenvalue weighted by molar-refractivity contribution is 5.73. The second kappa shape index (κ2) is 6.19. The lowest BCUT2D eigenvalue weighted by Crippen LogP contribution is -2.21. The zero-order chi connectivity index (χ0) is 12.8. The van der Waals surface area contributed by atoms with Crippen LogP contribution in [0.3, 0.4) is 0 Å². The van der Waals surface area contributed by atoms with E-state index >= 15 is 0 Å². The van der Waals surface area contributed by atoms with Crippen molar-refractivity contribution in [1.29, 1.82) is 0 Å². The number of carbonyl (C=O) groups is 1. The maximum atomic E-state index is 10.6. The fourth-order valence-corrected chi connectivity index (χ4v) is 1.02. The van der Waals surface area contributed by atoms with Gasteiger partial charge in [-0.25, -0.2) is 4.79 Å². The number of nitrogens with one attached hydrogen (secondary N) is 1. The van der Waals surface area contributed by atoms with Gasteiger partial charge in [-0.15, -0.1) is 0 Å². The molecular weight excluding hydrogens is 229 g/mol. The molecule has 2 unspecified atom stereocenters. The highest BCUT2D eigenvalue weighted by Crippen LogP contribution is 2.13. The van der Waals surface area contributed by atoms with Gasteiger partial charge < -0.3 is 10.4 Å². The predicted octanol–water partition coefficient (Wildman–Crippen LogP) is 1.54. The first kappa shape index (κ1) is 14.5. The Morgan fingerprint density at radius 3 is 2.31 bits per heavy atom. The van der Waals surface area contributed by atoms with Crippen LogP contribution >= 0.6 is 0 Å². The molecule has 0 saturated carbocycles. The molecule has 6 nitrogen and oxygen atoms in total. The van der Waals surface area contributed by atoms with Crippen molar-refractivity contribution in [3.63, 3.8) is 0 Å².